The molecule has 152 valence electrons. The van der Waals surface area contributed by atoms with E-state index in [1.54, 1.807) is 17.9 Å². The highest BCUT2D eigenvalue weighted by atomic mass is 16.6. The summed E-state index contributed by atoms with van der Waals surface area (Å²) in [6.07, 6.45) is 1.17. The molecular weight excluding hydrogens is 374 g/mol. The van der Waals surface area contributed by atoms with E-state index in [0.717, 1.165) is 5.69 Å². The number of hydrogen-bond acceptors (Lipinski definition) is 5. The van der Waals surface area contributed by atoms with E-state index in [2.05, 4.69) is 5.32 Å². The van der Waals surface area contributed by atoms with Gasteiger partial charge in [0.2, 0.25) is 5.91 Å². The van der Waals surface area contributed by atoms with Crippen molar-refractivity contribution < 1.29 is 19.2 Å². The third-order valence-electron chi connectivity index (χ3n) is 5.06. The van der Waals surface area contributed by atoms with Crippen LogP contribution < -0.4 is 10.1 Å². The van der Waals surface area contributed by atoms with Crippen molar-refractivity contribution >= 4 is 23.2 Å². The predicted molar refractivity (Wildman–Crippen MR) is 108 cm³/mol. The quantitative estimate of drug-likeness (QED) is 0.596. The normalized spacial score (nSPS) is 14.3. The number of nitro groups is 1. The zero-order valence-corrected chi connectivity index (χ0v) is 16.2. The van der Waals surface area contributed by atoms with E-state index in [0.29, 0.717) is 37.2 Å². The topological polar surface area (TPSA) is 102 Å². The van der Waals surface area contributed by atoms with Gasteiger partial charge in [-0.15, -0.1) is 0 Å². The highest BCUT2D eigenvalue weighted by molar-refractivity contribution is 5.92. The van der Waals surface area contributed by atoms with E-state index >= 15 is 0 Å². The molecule has 29 heavy (non-hydrogen) atoms. The summed E-state index contributed by atoms with van der Waals surface area (Å²) in [5, 5.41) is 13.9. The Morgan fingerprint density at radius 1 is 1.14 bits per heavy atom. The zero-order chi connectivity index (χ0) is 20.8. The fourth-order valence-electron chi connectivity index (χ4n) is 3.34. The van der Waals surface area contributed by atoms with Crippen molar-refractivity contribution in [2.45, 2.75) is 19.8 Å². The summed E-state index contributed by atoms with van der Waals surface area (Å²) in [5.41, 5.74) is 1.11. The fraction of sp³-hybridized carbons (Fsp3) is 0.333. The molecule has 0 radical (unpaired) electrons. The van der Waals surface area contributed by atoms with Crippen LogP contribution in [-0.2, 0) is 9.59 Å². The lowest BCUT2D eigenvalue weighted by molar-refractivity contribution is -0.385. The van der Waals surface area contributed by atoms with Crippen molar-refractivity contribution in [3.8, 4) is 5.75 Å². The maximum Gasteiger partial charge on any atom is 0.276 e. The maximum absolute atomic E-state index is 12.4. The largest absolute Gasteiger partial charge is 0.483 e. The number of anilines is 1. The van der Waals surface area contributed by atoms with Gasteiger partial charge in [-0.1, -0.05) is 24.3 Å². The Labute approximate surface area is 168 Å². The van der Waals surface area contributed by atoms with Crippen molar-refractivity contribution in [1.29, 1.82) is 0 Å². The van der Waals surface area contributed by atoms with Crippen LogP contribution in [0.2, 0.25) is 0 Å². The van der Waals surface area contributed by atoms with Gasteiger partial charge in [-0.25, -0.2) is 0 Å². The second-order valence-corrected chi connectivity index (χ2v) is 6.96. The van der Waals surface area contributed by atoms with E-state index < -0.39 is 4.92 Å². The molecule has 0 atom stereocenters. The summed E-state index contributed by atoms with van der Waals surface area (Å²) in [4.78, 5) is 37.0. The maximum atomic E-state index is 12.4. The molecule has 1 saturated heterocycles. The van der Waals surface area contributed by atoms with Crippen molar-refractivity contribution in [1.82, 2.24) is 4.90 Å². The number of nitro benzene ring substituents is 1. The van der Waals surface area contributed by atoms with Crippen LogP contribution in [0, 0.1) is 23.0 Å². The molecule has 0 bridgehead atoms. The van der Waals surface area contributed by atoms with Crippen LogP contribution in [0.4, 0.5) is 11.4 Å². The van der Waals surface area contributed by atoms with Gasteiger partial charge >= 0.3 is 0 Å². The monoisotopic (exact) mass is 397 g/mol. The van der Waals surface area contributed by atoms with Gasteiger partial charge in [0.1, 0.15) is 5.75 Å². The molecule has 8 nitrogen and oxygen atoms in total. The number of carbonyl (C=O) groups is 2. The lowest BCUT2D eigenvalue weighted by atomic mass is 9.95. The Hall–Kier alpha value is -3.42. The average Bonchev–Trinajstić information content (AvgIpc) is 2.73. The molecular formula is C21H23N3O5. The molecule has 0 unspecified atom stereocenters. The summed E-state index contributed by atoms with van der Waals surface area (Å²) in [5.74, 6) is -0.0477. The highest BCUT2D eigenvalue weighted by Crippen LogP contribution is 2.27. The number of amides is 2. The van der Waals surface area contributed by atoms with E-state index in [-0.39, 0.29) is 30.0 Å². The van der Waals surface area contributed by atoms with Crippen molar-refractivity contribution in [2.75, 3.05) is 25.0 Å². The summed E-state index contributed by atoms with van der Waals surface area (Å²) >= 11 is 0. The molecule has 2 aromatic carbocycles. The minimum absolute atomic E-state index is 0.0354. The lowest BCUT2D eigenvalue weighted by Gasteiger charge is -2.31. The Morgan fingerprint density at radius 3 is 2.48 bits per heavy atom. The molecule has 1 aliphatic heterocycles. The Balaban J connectivity index is 1.48. The molecule has 3 rings (SSSR count). The van der Waals surface area contributed by atoms with Crippen LogP contribution in [0.3, 0.4) is 0 Å². The second kappa shape index (κ2) is 9.18. The van der Waals surface area contributed by atoms with Gasteiger partial charge in [0.15, 0.2) is 6.61 Å². The number of ether oxygens (including phenoxy) is 1. The number of likely N-dealkylation sites (tertiary alicyclic amines) is 1. The molecule has 8 heteroatoms. The lowest BCUT2D eigenvalue weighted by Crippen LogP contribution is -2.43. The Morgan fingerprint density at radius 2 is 1.83 bits per heavy atom. The van der Waals surface area contributed by atoms with Crippen molar-refractivity contribution in [3.63, 3.8) is 0 Å². The third-order valence-corrected chi connectivity index (χ3v) is 5.06. The highest BCUT2D eigenvalue weighted by Gasteiger charge is 2.27. The zero-order valence-electron chi connectivity index (χ0n) is 16.2. The smallest absolute Gasteiger partial charge is 0.276 e. The van der Waals surface area contributed by atoms with Crippen LogP contribution in [0.25, 0.3) is 0 Å². The van der Waals surface area contributed by atoms with Gasteiger partial charge in [-0.05, 0) is 38.0 Å². The standard InChI is InChI=1S/C21H23N3O5/c1-15-18(24(27)28)8-5-9-19(15)29-14-20(25)23-12-10-16(11-13-23)21(26)22-17-6-3-2-4-7-17/h2-9,16H,10-14H2,1H3,(H,22,26). The number of nitrogens with zero attached hydrogens (tertiary/aromatic N) is 2. The first kappa shape index (κ1) is 20.3. The van der Waals surface area contributed by atoms with Gasteiger partial charge in [-0.3, -0.25) is 19.7 Å². The van der Waals surface area contributed by atoms with Crippen LogP contribution in [0.1, 0.15) is 18.4 Å². The molecule has 1 heterocycles. The van der Waals surface area contributed by atoms with Crippen molar-refractivity contribution in [3.05, 3.63) is 64.2 Å². The average molecular weight is 397 g/mol. The predicted octanol–water partition coefficient (Wildman–Crippen LogP) is 3.16. The van der Waals surface area contributed by atoms with E-state index in [4.69, 9.17) is 4.74 Å². The molecule has 1 fully saturated rings. The first-order chi connectivity index (χ1) is 14.0. The summed E-state index contributed by atoms with van der Waals surface area (Å²) < 4.78 is 5.52. The minimum Gasteiger partial charge on any atom is -0.483 e. The number of carbonyl (C=O) groups excluding carboxylic acids is 2. The molecule has 0 saturated carbocycles. The van der Waals surface area contributed by atoms with Crippen LogP contribution in [0.5, 0.6) is 5.75 Å². The van der Waals surface area contributed by atoms with Gasteiger partial charge in [0.05, 0.1) is 10.5 Å². The van der Waals surface area contributed by atoms with Gasteiger partial charge in [-0.2, -0.15) is 0 Å². The van der Waals surface area contributed by atoms with E-state index in [1.807, 2.05) is 30.3 Å². The molecule has 0 aromatic heterocycles. The second-order valence-electron chi connectivity index (χ2n) is 6.96. The number of hydrogen-bond donors (Lipinski definition) is 1. The fourth-order valence-corrected chi connectivity index (χ4v) is 3.34. The SMILES string of the molecule is Cc1c(OCC(=O)N2CCC(C(=O)Nc3ccccc3)CC2)cccc1[N+](=O)[O-]. The van der Waals surface area contributed by atoms with E-state index in [9.17, 15) is 19.7 Å². The minimum atomic E-state index is -0.477. The van der Waals surface area contributed by atoms with Gasteiger partial charge in [0, 0.05) is 30.8 Å². The number of piperidine rings is 1. The van der Waals surface area contributed by atoms with Gasteiger partial charge in [0.25, 0.3) is 11.6 Å². The molecule has 1 aliphatic rings. The Bertz CT molecular complexity index is 892. The molecule has 0 spiro atoms. The molecule has 0 aliphatic carbocycles. The number of nitrogens with one attached hydrogen (secondary N) is 1. The van der Waals surface area contributed by atoms with Crippen molar-refractivity contribution in [2.24, 2.45) is 5.92 Å². The summed E-state index contributed by atoms with van der Waals surface area (Å²) in [6, 6.07) is 13.8. The first-order valence-corrected chi connectivity index (χ1v) is 9.46. The van der Waals surface area contributed by atoms with E-state index in [1.165, 1.54) is 12.1 Å². The summed E-state index contributed by atoms with van der Waals surface area (Å²) in [6.45, 7) is 2.35. The van der Waals surface area contributed by atoms with Crippen LogP contribution in [0.15, 0.2) is 48.5 Å². The third kappa shape index (κ3) is 5.10. The number of benzene rings is 2. The van der Waals surface area contributed by atoms with Crippen LogP contribution >= 0.6 is 0 Å². The molecule has 2 aromatic rings. The van der Waals surface area contributed by atoms with Crippen LogP contribution in [-0.4, -0.2) is 41.3 Å². The first-order valence-electron chi connectivity index (χ1n) is 9.46. The van der Waals surface area contributed by atoms with Gasteiger partial charge < -0.3 is 15.0 Å². The molecule has 1 N–H and O–H groups in total. The number of para-hydroxylation sites is 1. The Kier molecular flexibility index (Phi) is 6.43. The number of rotatable bonds is 6. The summed E-state index contributed by atoms with van der Waals surface area (Å²) in [7, 11) is 0. The molecule has 2 amide bonds.